The zero-order valence-electron chi connectivity index (χ0n) is 14.5. The van der Waals surface area contributed by atoms with Crippen molar-refractivity contribution in [3.05, 3.63) is 109 Å². The quantitative estimate of drug-likeness (QED) is 0.472. The topological polar surface area (TPSA) is 20.2 Å². The van der Waals surface area contributed by atoms with Crippen molar-refractivity contribution in [1.29, 1.82) is 0 Å². The van der Waals surface area contributed by atoms with E-state index in [1.54, 1.807) is 0 Å². The Bertz CT molecular complexity index is 990. The van der Waals surface area contributed by atoms with E-state index in [1.807, 2.05) is 54.6 Å². The van der Waals surface area contributed by atoms with Crippen molar-refractivity contribution >= 4 is 0 Å². The molecule has 0 aliphatic heterocycles. The highest BCUT2D eigenvalue weighted by molar-refractivity contribution is 5.90. The van der Waals surface area contributed by atoms with Gasteiger partial charge in [0.15, 0.2) is 0 Å². The Labute approximate surface area is 154 Å². The second-order valence-corrected chi connectivity index (χ2v) is 6.27. The first-order valence-electron chi connectivity index (χ1n) is 8.81. The van der Waals surface area contributed by atoms with Crippen molar-refractivity contribution in [3.63, 3.8) is 0 Å². The van der Waals surface area contributed by atoms with Crippen LogP contribution in [0.15, 0.2) is 103 Å². The van der Waals surface area contributed by atoms with Crippen molar-refractivity contribution in [3.8, 4) is 33.4 Å². The average Bonchev–Trinajstić information content (AvgIpc) is 2.74. The largest absolute Gasteiger partial charge is 0.392 e. The highest BCUT2D eigenvalue weighted by Gasteiger charge is 2.16. The molecule has 0 fully saturated rings. The second kappa shape index (κ2) is 7.38. The molecule has 0 unspecified atom stereocenters. The van der Waals surface area contributed by atoms with E-state index in [0.717, 1.165) is 38.9 Å². The molecule has 0 atom stereocenters. The summed E-state index contributed by atoms with van der Waals surface area (Å²) in [6.45, 7) is -0.00483. The number of rotatable bonds is 4. The lowest BCUT2D eigenvalue weighted by atomic mass is 9.86. The summed E-state index contributed by atoms with van der Waals surface area (Å²) >= 11 is 0. The van der Waals surface area contributed by atoms with E-state index in [9.17, 15) is 5.11 Å². The van der Waals surface area contributed by atoms with Crippen LogP contribution in [0.5, 0.6) is 0 Å². The summed E-state index contributed by atoms with van der Waals surface area (Å²) < 4.78 is 0. The maximum Gasteiger partial charge on any atom is 0.0694 e. The van der Waals surface area contributed by atoms with Gasteiger partial charge in [-0.25, -0.2) is 0 Å². The van der Waals surface area contributed by atoms with Gasteiger partial charge >= 0.3 is 0 Å². The molecular weight excluding hydrogens is 316 g/mol. The monoisotopic (exact) mass is 336 g/mol. The molecule has 4 aromatic rings. The molecule has 1 heteroatoms. The van der Waals surface area contributed by atoms with Gasteiger partial charge in [0.05, 0.1) is 6.61 Å². The van der Waals surface area contributed by atoms with E-state index in [1.165, 1.54) is 0 Å². The molecule has 0 aromatic heterocycles. The fourth-order valence-corrected chi connectivity index (χ4v) is 3.49. The first-order valence-corrected chi connectivity index (χ1v) is 8.81. The van der Waals surface area contributed by atoms with Crippen LogP contribution < -0.4 is 0 Å². The molecule has 0 bridgehead atoms. The van der Waals surface area contributed by atoms with Crippen molar-refractivity contribution in [1.82, 2.24) is 0 Å². The Kier molecular flexibility index (Phi) is 4.63. The molecule has 1 N–H and O–H groups in total. The maximum atomic E-state index is 10.3. The molecule has 0 saturated heterocycles. The molecule has 4 rings (SSSR count). The Balaban J connectivity index is 2.03. The molecule has 26 heavy (non-hydrogen) atoms. The van der Waals surface area contributed by atoms with Gasteiger partial charge in [0.25, 0.3) is 0 Å². The van der Waals surface area contributed by atoms with Crippen molar-refractivity contribution in [2.75, 3.05) is 0 Å². The summed E-state index contributed by atoms with van der Waals surface area (Å²) in [7, 11) is 0. The summed E-state index contributed by atoms with van der Waals surface area (Å²) in [6.07, 6.45) is 0. The van der Waals surface area contributed by atoms with Gasteiger partial charge in [-0.15, -0.1) is 0 Å². The van der Waals surface area contributed by atoms with E-state index >= 15 is 0 Å². The van der Waals surface area contributed by atoms with Crippen LogP contribution in [0, 0.1) is 0 Å². The van der Waals surface area contributed by atoms with Gasteiger partial charge in [0, 0.05) is 0 Å². The van der Waals surface area contributed by atoms with Gasteiger partial charge in [0.1, 0.15) is 0 Å². The highest BCUT2D eigenvalue weighted by atomic mass is 16.3. The SMILES string of the molecule is OCc1c(-c2ccccc2)ccc(-c2ccccc2)c1-c1ccccc1. The lowest BCUT2D eigenvalue weighted by Crippen LogP contribution is -1.97. The van der Waals surface area contributed by atoms with Crippen LogP contribution in [0.1, 0.15) is 5.56 Å². The first-order chi connectivity index (χ1) is 12.9. The smallest absolute Gasteiger partial charge is 0.0694 e. The minimum atomic E-state index is -0.00483. The van der Waals surface area contributed by atoms with E-state index in [4.69, 9.17) is 0 Å². The summed E-state index contributed by atoms with van der Waals surface area (Å²) in [5.41, 5.74) is 7.67. The zero-order chi connectivity index (χ0) is 17.8. The second-order valence-electron chi connectivity index (χ2n) is 6.27. The third-order valence-electron chi connectivity index (χ3n) is 4.70. The Morgan fingerprint density at radius 2 is 0.885 bits per heavy atom. The molecule has 0 aliphatic carbocycles. The van der Waals surface area contributed by atoms with Crippen LogP contribution in [0.25, 0.3) is 33.4 Å². The number of aliphatic hydroxyl groups is 1. The number of aliphatic hydroxyl groups excluding tert-OH is 1. The number of hydrogen-bond donors (Lipinski definition) is 1. The van der Waals surface area contributed by atoms with E-state index in [-0.39, 0.29) is 6.61 Å². The lowest BCUT2D eigenvalue weighted by molar-refractivity contribution is 0.283. The minimum Gasteiger partial charge on any atom is -0.392 e. The number of benzene rings is 4. The summed E-state index contributed by atoms with van der Waals surface area (Å²) in [6, 6.07) is 35.2. The maximum absolute atomic E-state index is 10.3. The fraction of sp³-hybridized carbons (Fsp3) is 0.0400. The summed E-state index contributed by atoms with van der Waals surface area (Å²) in [5, 5.41) is 10.3. The first kappa shape index (κ1) is 16.3. The number of hydrogen-bond acceptors (Lipinski definition) is 1. The Hall–Kier alpha value is -3.16. The molecule has 0 spiro atoms. The molecule has 1 nitrogen and oxygen atoms in total. The van der Waals surface area contributed by atoms with Gasteiger partial charge in [-0.2, -0.15) is 0 Å². The lowest BCUT2D eigenvalue weighted by Gasteiger charge is -2.19. The molecule has 0 heterocycles. The van der Waals surface area contributed by atoms with Crippen LogP contribution in [0.4, 0.5) is 0 Å². The van der Waals surface area contributed by atoms with Gasteiger partial charge in [-0.05, 0) is 38.9 Å². The van der Waals surface area contributed by atoms with E-state index in [2.05, 4.69) is 48.5 Å². The third kappa shape index (κ3) is 3.05. The average molecular weight is 336 g/mol. The molecule has 0 amide bonds. The van der Waals surface area contributed by atoms with Crippen LogP contribution in [0.2, 0.25) is 0 Å². The summed E-state index contributed by atoms with van der Waals surface area (Å²) in [5.74, 6) is 0. The standard InChI is InChI=1S/C25H20O/c26-18-24-22(19-10-4-1-5-11-19)16-17-23(20-12-6-2-7-13-20)25(24)21-14-8-3-9-15-21/h1-17,26H,18H2. The molecule has 126 valence electrons. The van der Waals surface area contributed by atoms with Crippen molar-refractivity contribution in [2.24, 2.45) is 0 Å². The summed E-state index contributed by atoms with van der Waals surface area (Å²) in [4.78, 5) is 0. The molecule has 4 aromatic carbocycles. The van der Waals surface area contributed by atoms with E-state index in [0.29, 0.717) is 0 Å². The van der Waals surface area contributed by atoms with Crippen molar-refractivity contribution < 1.29 is 5.11 Å². The highest BCUT2D eigenvalue weighted by Crippen LogP contribution is 2.39. The normalized spacial score (nSPS) is 10.7. The van der Waals surface area contributed by atoms with Crippen LogP contribution in [0.3, 0.4) is 0 Å². The molecule has 0 radical (unpaired) electrons. The van der Waals surface area contributed by atoms with Gasteiger partial charge in [0.2, 0.25) is 0 Å². The van der Waals surface area contributed by atoms with Gasteiger partial charge in [-0.1, -0.05) is 103 Å². The van der Waals surface area contributed by atoms with Gasteiger partial charge in [-0.3, -0.25) is 0 Å². The van der Waals surface area contributed by atoms with Crippen molar-refractivity contribution in [2.45, 2.75) is 6.61 Å². The Morgan fingerprint density at radius 1 is 0.462 bits per heavy atom. The predicted octanol–water partition coefficient (Wildman–Crippen LogP) is 6.18. The Morgan fingerprint density at radius 3 is 1.38 bits per heavy atom. The van der Waals surface area contributed by atoms with Gasteiger partial charge < -0.3 is 5.11 Å². The molecular formula is C25H20O. The van der Waals surface area contributed by atoms with E-state index < -0.39 is 0 Å². The minimum absolute atomic E-state index is 0.00483. The van der Waals surface area contributed by atoms with Crippen LogP contribution in [-0.2, 0) is 6.61 Å². The van der Waals surface area contributed by atoms with Crippen LogP contribution >= 0.6 is 0 Å². The third-order valence-corrected chi connectivity index (χ3v) is 4.70. The van der Waals surface area contributed by atoms with Crippen LogP contribution in [-0.4, -0.2) is 5.11 Å². The zero-order valence-corrected chi connectivity index (χ0v) is 14.5. The predicted molar refractivity (Wildman–Crippen MR) is 109 cm³/mol. The molecule has 0 saturated carbocycles. The fourth-order valence-electron chi connectivity index (χ4n) is 3.49. The molecule has 0 aliphatic rings.